The van der Waals surface area contributed by atoms with Gasteiger partial charge < -0.3 is 14.8 Å². The molecular formula is C20H21ClF3N3O3. The molecule has 0 bridgehead atoms. The first-order valence-corrected chi connectivity index (χ1v) is 9.64. The molecule has 2 aromatic rings. The van der Waals surface area contributed by atoms with Gasteiger partial charge in [-0.15, -0.1) is 0 Å². The number of pyridine rings is 1. The first kappa shape index (κ1) is 22.3. The quantitative estimate of drug-likeness (QED) is 0.739. The number of alkyl halides is 3. The highest BCUT2D eigenvalue weighted by Gasteiger charge is 2.33. The second kappa shape index (κ2) is 9.63. The van der Waals surface area contributed by atoms with Crippen LogP contribution in [-0.2, 0) is 10.9 Å². The molecule has 1 aromatic carbocycles. The summed E-state index contributed by atoms with van der Waals surface area (Å²) in [6.07, 6.45) is -3.31. The fourth-order valence-electron chi connectivity index (χ4n) is 3.25. The predicted molar refractivity (Wildman–Crippen MR) is 105 cm³/mol. The second-order valence-corrected chi connectivity index (χ2v) is 7.05. The van der Waals surface area contributed by atoms with E-state index in [0.29, 0.717) is 37.6 Å². The van der Waals surface area contributed by atoms with Gasteiger partial charge in [0.15, 0.2) is 0 Å². The van der Waals surface area contributed by atoms with Gasteiger partial charge in [0.25, 0.3) is 5.91 Å². The zero-order valence-electron chi connectivity index (χ0n) is 16.2. The number of morpholine rings is 1. The number of methoxy groups -OCH3 is 1. The second-order valence-electron chi connectivity index (χ2n) is 6.67. The van der Waals surface area contributed by atoms with Gasteiger partial charge in [0, 0.05) is 25.8 Å². The molecule has 162 valence electrons. The lowest BCUT2D eigenvalue weighted by Gasteiger charge is -2.34. The van der Waals surface area contributed by atoms with Crippen molar-refractivity contribution >= 4 is 17.5 Å². The van der Waals surface area contributed by atoms with Crippen LogP contribution in [0, 0.1) is 0 Å². The van der Waals surface area contributed by atoms with E-state index in [0.717, 1.165) is 6.07 Å². The van der Waals surface area contributed by atoms with Gasteiger partial charge in [-0.2, -0.15) is 13.2 Å². The van der Waals surface area contributed by atoms with Crippen molar-refractivity contribution in [1.82, 2.24) is 15.2 Å². The zero-order chi connectivity index (χ0) is 21.7. The maximum Gasteiger partial charge on any atom is 0.433 e. The molecule has 3 rings (SSSR count). The molecule has 0 radical (unpaired) electrons. The number of hydrogen-bond acceptors (Lipinski definition) is 5. The lowest BCUT2D eigenvalue weighted by atomic mass is 10.1. The number of rotatable bonds is 6. The van der Waals surface area contributed by atoms with Crippen LogP contribution in [0.15, 0.2) is 36.5 Å². The number of benzene rings is 1. The van der Waals surface area contributed by atoms with E-state index >= 15 is 0 Å². The van der Waals surface area contributed by atoms with Gasteiger partial charge in [0.1, 0.15) is 11.4 Å². The van der Waals surface area contributed by atoms with E-state index in [1.165, 1.54) is 19.4 Å². The van der Waals surface area contributed by atoms with Crippen LogP contribution in [-0.4, -0.2) is 55.7 Å². The average Bonchev–Trinajstić information content (AvgIpc) is 2.74. The molecule has 1 amide bonds. The molecule has 1 fully saturated rings. The fourth-order valence-corrected chi connectivity index (χ4v) is 3.53. The number of hydrogen-bond donors (Lipinski definition) is 1. The zero-order valence-corrected chi connectivity index (χ0v) is 17.0. The molecule has 10 heteroatoms. The van der Waals surface area contributed by atoms with Crippen molar-refractivity contribution in [3.63, 3.8) is 0 Å². The van der Waals surface area contributed by atoms with Crippen LogP contribution in [0.3, 0.4) is 0 Å². The minimum atomic E-state index is -4.51. The minimum absolute atomic E-state index is 0.166. The van der Waals surface area contributed by atoms with E-state index in [4.69, 9.17) is 21.1 Å². The van der Waals surface area contributed by atoms with Crippen molar-refractivity contribution in [3.05, 3.63) is 58.4 Å². The Hall–Kier alpha value is -2.36. The number of aromatic nitrogens is 1. The molecule has 1 saturated heterocycles. The highest BCUT2D eigenvalue weighted by atomic mass is 35.5. The molecule has 1 aliphatic heterocycles. The van der Waals surface area contributed by atoms with Gasteiger partial charge >= 0.3 is 6.18 Å². The Morgan fingerprint density at radius 3 is 2.63 bits per heavy atom. The van der Waals surface area contributed by atoms with Crippen LogP contribution in [0.1, 0.15) is 27.7 Å². The highest BCUT2D eigenvalue weighted by molar-refractivity contribution is 6.35. The minimum Gasteiger partial charge on any atom is -0.495 e. The molecule has 30 heavy (non-hydrogen) atoms. The molecule has 0 aliphatic carbocycles. The van der Waals surface area contributed by atoms with Crippen molar-refractivity contribution in [1.29, 1.82) is 0 Å². The number of carbonyl (C=O) groups excluding carboxylic acids is 1. The first-order chi connectivity index (χ1) is 14.3. The third-order valence-electron chi connectivity index (χ3n) is 4.83. The molecule has 1 aromatic heterocycles. The fraction of sp³-hybridized carbons (Fsp3) is 0.400. The third-order valence-corrected chi connectivity index (χ3v) is 5.22. The topological polar surface area (TPSA) is 63.7 Å². The highest BCUT2D eigenvalue weighted by Crippen LogP contribution is 2.30. The number of carbonyl (C=O) groups is 1. The lowest BCUT2D eigenvalue weighted by Crippen LogP contribution is -2.44. The van der Waals surface area contributed by atoms with Gasteiger partial charge in [-0.1, -0.05) is 23.7 Å². The number of ether oxygens (including phenoxy) is 2. The summed E-state index contributed by atoms with van der Waals surface area (Å²) in [4.78, 5) is 18.3. The monoisotopic (exact) mass is 443 g/mol. The summed E-state index contributed by atoms with van der Waals surface area (Å²) in [6, 6.07) is 6.84. The van der Waals surface area contributed by atoms with Crippen molar-refractivity contribution in [2.45, 2.75) is 12.2 Å². The Morgan fingerprint density at radius 1 is 1.30 bits per heavy atom. The number of halogens is 4. The summed E-state index contributed by atoms with van der Waals surface area (Å²) in [7, 11) is 1.45. The molecule has 0 saturated carbocycles. The standard InChI is InChI=1S/C20H21ClF3N3O3/c1-29-16-4-2-3-14(18(16)21)19(28)26-12-15(27-7-9-30-10-8-27)13-5-6-17(25-11-13)20(22,23)24/h2-6,11,15H,7-10,12H2,1H3,(H,26,28). The molecule has 1 atom stereocenters. The molecule has 6 nitrogen and oxygen atoms in total. The first-order valence-electron chi connectivity index (χ1n) is 9.27. The summed E-state index contributed by atoms with van der Waals surface area (Å²) < 4.78 is 49.0. The van der Waals surface area contributed by atoms with Crippen LogP contribution < -0.4 is 10.1 Å². The van der Waals surface area contributed by atoms with Gasteiger partial charge in [-0.3, -0.25) is 14.7 Å². The van der Waals surface area contributed by atoms with E-state index in [9.17, 15) is 18.0 Å². The van der Waals surface area contributed by atoms with E-state index in [-0.39, 0.29) is 23.2 Å². The average molecular weight is 444 g/mol. The van der Waals surface area contributed by atoms with E-state index in [1.54, 1.807) is 18.2 Å². The summed E-state index contributed by atoms with van der Waals surface area (Å²) >= 11 is 6.22. The van der Waals surface area contributed by atoms with E-state index in [1.807, 2.05) is 4.90 Å². The lowest BCUT2D eigenvalue weighted by molar-refractivity contribution is -0.141. The van der Waals surface area contributed by atoms with Crippen molar-refractivity contribution in [2.75, 3.05) is 40.0 Å². The molecule has 1 N–H and O–H groups in total. The van der Waals surface area contributed by atoms with Gasteiger partial charge in [-0.05, 0) is 23.8 Å². The smallest absolute Gasteiger partial charge is 0.433 e. The normalized spacial score (nSPS) is 16.2. The van der Waals surface area contributed by atoms with Crippen LogP contribution in [0.2, 0.25) is 5.02 Å². The Balaban J connectivity index is 1.79. The number of amides is 1. The third kappa shape index (κ3) is 5.21. The molecule has 1 unspecified atom stereocenters. The SMILES string of the molecule is COc1cccc(C(=O)NCC(c2ccc(C(F)(F)F)nc2)N2CCOCC2)c1Cl. The molecular weight excluding hydrogens is 423 g/mol. The number of nitrogens with one attached hydrogen (secondary N) is 1. The maximum absolute atomic E-state index is 12.8. The largest absolute Gasteiger partial charge is 0.495 e. The summed E-state index contributed by atoms with van der Waals surface area (Å²) in [5.74, 6) is -0.0296. The maximum atomic E-state index is 12.8. The summed E-state index contributed by atoms with van der Waals surface area (Å²) in [5.41, 5.74) is -0.136. The van der Waals surface area contributed by atoms with Crippen LogP contribution in [0.25, 0.3) is 0 Å². The van der Waals surface area contributed by atoms with E-state index < -0.39 is 17.8 Å². The molecule has 0 spiro atoms. The van der Waals surface area contributed by atoms with Crippen LogP contribution in [0.4, 0.5) is 13.2 Å². The molecule has 1 aliphatic rings. The van der Waals surface area contributed by atoms with Crippen molar-refractivity contribution in [3.8, 4) is 5.75 Å². The summed E-state index contributed by atoms with van der Waals surface area (Å²) in [6.45, 7) is 2.34. The van der Waals surface area contributed by atoms with Gasteiger partial charge in [-0.25, -0.2) is 0 Å². The molecule has 2 heterocycles. The Bertz CT molecular complexity index is 872. The van der Waals surface area contributed by atoms with Crippen molar-refractivity contribution in [2.24, 2.45) is 0 Å². The number of nitrogens with zero attached hydrogens (tertiary/aromatic N) is 2. The van der Waals surface area contributed by atoms with E-state index in [2.05, 4.69) is 10.3 Å². The van der Waals surface area contributed by atoms with Gasteiger partial charge in [0.2, 0.25) is 0 Å². The van der Waals surface area contributed by atoms with Crippen LogP contribution in [0.5, 0.6) is 5.75 Å². The van der Waals surface area contributed by atoms with Gasteiger partial charge in [0.05, 0.1) is 37.0 Å². The summed E-state index contributed by atoms with van der Waals surface area (Å²) in [5, 5.41) is 3.01. The Morgan fingerprint density at radius 2 is 2.03 bits per heavy atom. The predicted octanol–water partition coefficient (Wildman–Crippen LogP) is 3.57. The Kier molecular flexibility index (Phi) is 7.17. The van der Waals surface area contributed by atoms with Crippen molar-refractivity contribution < 1.29 is 27.4 Å². The Labute approximate surface area is 176 Å². The van der Waals surface area contributed by atoms with Crippen LogP contribution >= 0.6 is 11.6 Å².